The van der Waals surface area contributed by atoms with Gasteiger partial charge in [0.2, 0.25) is 15.9 Å². The largest absolute Gasteiger partial charge is 0.490 e. The topological polar surface area (TPSA) is 75.7 Å². The van der Waals surface area contributed by atoms with E-state index in [1.165, 1.54) is 0 Å². The maximum atomic E-state index is 12.8. The van der Waals surface area contributed by atoms with Crippen molar-refractivity contribution in [3.63, 3.8) is 0 Å². The van der Waals surface area contributed by atoms with Gasteiger partial charge in [0.1, 0.15) is 12.4 Å². The highest BCUT2D eigenvalue weighted by molar-refractivity contribution is 7.91. The molecule has 1 amide bonds. The van der Waals surface area contributed by atoms with Gasteiger partial charge in [-0.1, -0.05) is 23.7 Å². The van der Waals surface area contributed by atoms with Gasteiger partial charge in [0.15, 0.2) is 0 Å². The van der Waals surface area contributed by atoms with Crippen LogP contribution in [0, 0.1) is 5.41 Å². The van der Waals surface area contributed by atoms with Crippen LogP contribution >= 0.6 is 11.6 Å². The number of sulfonamides is 1. The number of fused-ring (bicyclic) bond motifs is 1. The van der Waals surface area contributed by atoms with Crippen LogP contribution < -0.4 is 14.4 Å². The van der Waals surface area contributed by atoms with Crippen molar-refractivity contribution in [1.82, 2.24) is 0 Å². The Morgan fingerprint density at radius 3 is 2.64 bits per heavy atom. The number of carbonyl (C=O) groups excluding carboxylic acids is 1. The number of amides is 1. The summed E-state index contributed by atoms with van der Waals surface area (Å²) in [4.78, 5) is 14.4. The summed E-state index contributed by atoms with van der Waals surface area (Å²) >= 11 is 5.93. The van der Waals surface area contributed by atoms with Crippen molar-refractivity contribution in [2.45, 2.75) is 26.5 Å². The monoisotopic (exact) mass is 422 g/mol. The Hall–Kier alpha value is -2.25. The molecule has 0 bridgehead atoms. The van der Waals surface area contributed by atoms with Crippen molar-refractivity contribution >= 4 is 38.9 Å². The third-order valence-corrected chi connectivity index (χ3v) is 5.99. The highest BCUT2D eigenvalue weighted by atomic mass is 35.5. The number of nitrogens with zero attached hydrogens (tertiary/aromatic N) is 1. The standard InChI is InChI=1S/C20H23ClN2O4S/c1-4-23-17-11-16(8-9-18(17)27-13-20(2,3)19(23)24)22-28(25,26)12-14-6-5-7-15(21)10-14/h5-11,22H,4,12-13H2,1-3H3. The Morgan fingerprint density at radius 1 is 1.21 bits per heavy atom. The van der Waals surface area contributed by atoms with Crippen LogP contribution in [0.4, 0.5) is 11.4 Å². The first-order chi connectivity index (χ1) is 13.1. The summed E-state index contributed by atoms with van der Waals surface area (Å²) in [7, 11) is -3.65. The summed E-state index contributed by atoms with van der Waals surface area (Å²) in [6, 6.07) is 11.7. The predicted molar refractivity (Wildman–Crippen MR) is 111 cm³/mol. The van der Waals surface area contributed by atoms with Gasteiger partial charge >= 0.3 is 0 Å². The molecule has 0 atom stereocenters. The number of rotatable bonds is 5. The second kappa shape index (κ2) is 7.64. The number of halogens is 1. The van der Waals surface area contributed by atoms with Crippen LogP contribution in [-0.2, 0) is 20.6 Å². The molecule has 1 N–H and O–H groups in total. The summed E-state index contributed by atoms with van der Waals surface area (Å²) in [6.45, 7) is 6.25. The summed E-state index contributed by atoms with van der Waals surface area (Å²) < 4.78 is 33.5. The molecule has 0 spiro atoms. The minimum atomic E-state index is -3.65. The van der Waals surface area contributed by atoms with Crippen molar-refractivity contribution < 1.29 is 17.9 Å². The molecule has 150 valence electrons. The van der Waals surface area contributed by atoms with Crippen LogP contribution in [0.3, 0.4) is 0 Å². The van der Waals surface area contributed by atoms with Gasteiger partial charge in [-0.25, -0.2) is 8.42 Å². The number of nitrogens with one attached hydrogen (secondary N) is 1. The second-order valence-electron chi connectivity index (χ2n) is 7.40. The zero-order valence-corrected chi connectivity index (χ0v) is 17.6. The number of hydrogen-bond donors (Lipinski definition) is 1. The van der Waals surface area contributed by atoms with Gasteiger partial charge in [0.25, 0.3) is 0 Å². The van der Waals surface area contributed by atoms with Crippen molar-refractivity contribution in [1.29, 1.82) is 0 Å². The lowest BCUT2D eigenvalue weighted by Crippen LogP contribution is -2.42. The van der Waals surface area contributed by atoms with Crippen LogP contribution in [0.2, 0.25) is 5.02 Å². The maximum absolute atomic E-state index is 12.8. The molecule has 1 heterocycles. The average Bonchev–Trinajstić information content (AvgIpc) is 2.69. The summed E-state index contributed by atoms with van der Waals surface area (Å²) in [5.41, 5.74) is 0.850. The second-order valence-corrected chi connectivity index (χ2v) is 9.55. The van der Waals surface area contributed by atoms with Crippen LogP contribution in [0.1, 0.15) is 26.3 Å². The lowest BCUT2D eigenvalue weighted by Gasteiger charge is -2.27. The first-order valence-electron chi connectivity index (χ1n) is 8.95. The number of benzene rings is 2. The molecular weight excluding hydrogens is 400 g/mol. The Morgan fingerprint density at radius 2 is 1.96 bits per heavy atom. The molecule has 0 unspecified atom stereocenters. The zero-order chi connectivity index (χ0) is 20.5. The average molecular weight is 423 g/mol. The van der Waals surface area contributed by atoms with E-state index in [0.717, 1.165) is 0 Å². The Kier molecular flexibility index (Phi) is 5.59. The van der Waals surface area contributed by atoms with E-state index < -0.39 is 15.4 Å². The third kappa shape index (κ3) is 4.42. The summed E-state index contributed by atoms with van der Waals surface area (Å²) in [5, 5.41) is 0.481. The van der Waals surface area contributed by atoms with Gasteiger partial charge in [0.05, 0.1) is 22.5 Å². The molecule has 2 aromatic carbocycles. The Balaban J connectivity index is 1.88. The van der Waals surface area contributed by atoms with Gasteiger partial charge in [-0.05, 0) is 56.7 Å². The number of carbonyl (C=O) groups is 1. The normalized spacial score (nSPS) is 16.1. The molecular formula is C20H23ClN2O4S. The molecule has 0 radical (unpaired) electrons. The van der Waals surface area contributed by atoms with E-state index in [2.05, 4.69) is 4.72 Å². The SMILES string of the molecule is CCN1C(=O)C(C)(C)COc2ccc(NS(=O)(=O)Cc3cccc(Cl)c3)cc21. The van der Waals surface area contributed by atoms with E-state index >= 15 is 0 Å². The third-order valence-electron chi connectivity index (χ3n) is 4.50. The van der Waals surface area contributed by atoms with E-state index in [-0.39, 0.29) is 18.3 Å². The Bertz CT molecular complexity index is 1010. The van der Waals surface area contributed by atoms with Gasteiger partial charge in [-0.3, -0.25) is 9.52 Å². The van der Waals surface area contributed by atoms with Crippen LogP contribution in [0.25, 0.3) is 0 Å². The number of anilines is 2. The molecule has 0 saturated heterocycles. The maximum Gasteiger partial charge on any atom is 0.236 e. The molecule has 0 aromatic heterocycles. The van der Waals surface area contributed by atoms with Crippen LogP contribution in [0.15, 0.2) is 42.5 Å². The fourth-order valence-corrected chi connectivity index (χ4v) is 4.47. The van der Waals surface area contributed by atoms with E-state index in [9.17, 15) is 13.2 Å². The highest BCUT2D eigenvalue weighted by Gasteiger charge is 2.37. The zero-order valence-electron chi connectivity index (χ0n) is 16.0. The van der Waals surface area contributed by atoms with Crippen LogP contribution in [0.5, 0.6) is 5.75 Å². The van der Waals surface area contributed by atoms with E-state index in [1.54, 1.807) is 47.4 Å². The van der Waals surface area contributed by atoms with E-state index in [1.807, 2.05) is 20.8 Å². The molecule has 0 aliphatic carbocycles. The molecule has 28 heavy (non-hydrogen) atoms. The lowest BCUT2D eigenvalue weighted by atomic mass is 9.93. The van der Waals surface area contributed by atoms with Crippen molar-refractivity contribution in [2.75, 3.05) is 22.8 Å². The Labute approximate surface area is 170 Å². The molecule has 6 nitrogen and oxygen atoms in total. The first kappa shape index (κ1) is 20.5. The molecule has 3 rings (SSSR count). The predicted octanol–water partition coefficient (Wildman–Crippen LogP) is 4.05. The van der Waals surface area contributed by atoms with Gasteiger partial charge in [-0.2, -0.15) is 0 Å². The molecule has 1 aliphatic rings. The summed E-state index contributed by atoms with van der Waals surface area (Å²) in [5.74, 6) is 0.288. The minimum Gasteiger partial charge on any atom is -0.490 e. The molecule has 1 aliphatic heterocycles. The molecule has 0 saturated carbocycles. The first-order valence-corrected chi connectivity index (χ1v) is 11.0. The number of hydrogen-bond acceptors (Lipinski definition) is 4. The quantitative estimate of drug-likeness (QED) is 0.788. The van der Waals surface area contributed by atoms with Gasteiger partial charge in [-0.15, -0.1) is 0 Å². The smallest absolute Gasteiger partial charge is 0.236 e. The highest BCUT2D eigenvalue weighted by Crippen LogP contribution is 2.38. The molecule has 2 aromatic rings. The lowest BCUT2D eigenvalue weighted by molar-refractivity contribution is -0.127. The van der Waals surface area contributed by atoms with E-state index in [4.69, 9.17) is 16.3 Å². The van der Waals surface area contributed by atoms with Gasteiger partial charge < -0.3 is 9.64 Å². The molecule has 8 heteroatoms. The van der Waals surface area contributed by atoms with Crippen molar-refractivity contribution in [3.8, 4) is 5.75 Å². The van der Waals surface area contributed by atoms with E-state index in [0.29, 0.717) is 34.3 Å². The minimum absolute atomic E-state index is 0.0623. The number of ether oxygens (including phenoxy) is 1. The fourth-order valence-electron chi connectivity index (χ4n) is 3.08. The van der Waals surface area contributed by atoms with Crippen LogP contribution in [-0.4, -0.2) is 27.5 Å². The van der Waals surface area contributed by atoms with Crippen molar-refractivity contribution in [2.24, 2.45) is 5.41 Å². The fraction of sp³-hybridized carbons (Fsp3) is 0.350. The summed E-state index contributed by atoms with van der Waals surface area (Å²) in [6.07, 6.45) is 0. The molecule has 0 fully saturated rings. The van der Waals surface area contributed by atoms with Crippen molar-refractivity contribution in [3.05, 3.63) is 53.1 Å². The van der Waals surface area contributed by atoms with Gasteiger partial charge in [0, 0.05) is 11.6 Å².